The Bertz CT molecular complexity index is 1720. The largest absolute Gasteiger partial charge is 0.476 e. The molecule has 5 rings (SSSR count). The number of β-amino-alcohol motifs (C(OH)–C–C–N with tert-alkyl or cyclic N) is 1. The number of carbonyl (C=O) groups is 3. The Balaban J connectivity index is 1.19. The van der Waals surface area contributed by atoms with Crippen LogP contribution in [-0.2, 0) is 9.59 Å². The lowest BCUT2D eigenvalue weighted by molar-refractivity contribution is -0.140. The first kappa shape index (κ1) is 36.7. The molecular formula is C35H47N9O5S. The van der Waals surface area contributed by atoms with Gasteiger partial charge in [-0.05, 0) is 30.4 Å². The fourth-order valence-corrected chi connectivity index (χ4v) is 7.28. The second kappa shape index (κ2) is 15.1. The summed E-state index contributed by atoms with van der Waals surface area (Å²) in [5.74, 6) is -1.61. The molecule has 0 radical (unpaired) electrons. The van der Waals surface area contributed by atoms with Crippen LogP contribution in [0, 0.1) is 12.3 Å². The van der Waals surface area contributed by atoms with Crippen molar-refractivity contribution in [2.75, 3.05) is 49.9 Å². The maximum atomic E-state index is 14.2. The predicted octanol–water partition coefficient (Wildman–Crippen LogP) is 2.67. The number of nitrogens with one attached hydrogen (secondary N) is 2. The Labute approximate surface area is 296 Å². The van der Waals surface area contributed by atoms with E-state index in [1.807, 2.05) is 49.9 Å². The highest BCUT2D eigenvalue weighted by atomic mass is 32.1. The number of carboxylic acid groups (broad SMARTS) is 1. The number of nitrogen functional groups attached to an aromatic ring is 1. The number of rotatable bonds is 11. The number of carboxylic acids is 1. The quantitative estimate of drug-likeness (QED) is 0.196. The van der Waals surface area contributed by atoms with Gasteiger partial charge < -0.3 is 36.4 Å². The van der Waals surface area contributed by atoms with Crippen molar-refractivity contribution in [1.29, 1.82) is 0 Å². The molecule has 268 valence electrons. The van der Waals surface area contributed by atoms with E-state index in [0.717, 1.165) is 21.7 Å². The van der Waals surface area contributed by atoms with Gasteiger partial charge in [-0.25, -0.2) is 9.78 Å². The molecule has 0 unspecified atom stereocenters. The molecule has 0 aliphatic carbocycles. The molecular weight excluding hydrogens is 659 g/mol. The third-order valence-electron chi connectivity index (χ3n) is 9.30. The topological polar surface area (TPSA) is 190 Å². The summed E-state index contributed by atoms with van der Waals surface area (Å²) in [7, 11) is 0. The fourth-order valence-electron chi connectivity index (χ4n) is 6.47. The lowest BCUT2D eigenvalue weighted by atomic mass is 9.85. The van der Waals surface area contributed by atoms with Gasteiger partial charge in [-0.2, -0.15) is 0 Å². The molecule has 0 saturated carbocycles. The summed E-state index contributed by atoms with van der Waals surface area (Å²) in [5, 5.41) is 33.8. The third kappa shape index (κ3) is 8.40. The van der Waals surface area contributed by atoms with Crippen LogP contribution in [0.15, 0.2) is 48.1 Å². The molecule has 50 heavy (non-hydrogen) atoms. The van der Waals surface area contributed by atoms with Crippen LogP contribution in [0.4, 0.5) is 11.5 Å². The second-order valence-corrected chi connectivity index (χ2v) is 15.0. The van der Waals surface area contributed by atoms with E-state index in [0.29, 0.717) is 44.0 Å². The number of carbonyl (C=O) groups excluding carboxylic acids is 2. The number of nitrogens with zero attached hydrogens (tertiary/aromatic N) is 6. The van der Waals surface area contributed by atoms with E-state index in [2.05, 4.69) is 56.7 Å². The van der Waals surface area contributed by atoms with Crippen LogP contribution >= 0.6 is 11.3 Å². The van der Waals surface area contributed by atoms with Crippen molar-refractivity contribution in [3.63, 3.8) is 0 Å². The summed E-state index contributed by atoms with van der Waals surface area (Å²) >= 11 is 1.61. The number of aliphatic hydroxyl groups excluding tert-OH is 1. The van der Waals surface area contributed by atoms with E-state index in [1.54, 1.807) is 16.2 Å². The van der Waals surface area contributed by atoms with Crippen LogP contribution in [-0.4, -0.2) is 110 Å². The number of benzene rings is 1. The number of piperazine rings is 1. The highest BCUT2D eigenvalue weighted by molar-refractivity contribution is 7.13. The smallest absolute Gasteiger partial charge is 0.356 e. The number of aliphatic hydroxyl groups is 1. The molecule has 4 heterocycles. The maximum absolute atomic E-state index is 14.2. The Morgan fingerprint density at radius 2 is 1.78 bits per heavy atom. The Kier molecular flexibility index (Phi) is 11.1. The van der Waals surface area contributed by atoms with Gasteiger partial charge in [0.05, 0.1) is 40.5 Å². The van der Waals surface area contributed by atoms with Gasteiger partial charge in [0, 0.05) is 56.9 Å². The molecule has 3 aromatic rings. The minimum absolute atomic E-state index is 0.0807. The standard InChI is InChI=1S/C35H47N9O5S/c1-20(23-7-9-24(10-8-23)30-22(3)37-19-50-30)38-21(2)27-15-25(45)17-44(27)33(47)31(35(4,5)6)39-29(46)18-42-11-13-43(14-12-42)28-16-26(34(48)49)40-41-32(28)36/h7-10,16,19-20,25,27,31,38,45H,2,11-15,17-18H2,1,3-6H3,(H2,36,41)(H,39,46)(H,48,49)/t20-,25+,27-,31+/m1/s1. The molecule has 0 spiro atoms. The predicted molar refractivity (Wildman–Crippen MR) is 193 cm³/mol. The van der Waals surface area contributed by atoms with Gasteiger partial charge in [-0.3, -0.25) is 14.5 Å². The van der Waals surface area contributed by atoms with E-state index in [-0.39, 0.29) is 42.5 Å². The summed E-state index contributed by atoms with van der Waals surface area (Å²) in [6, 6.07) is 8.30. The first-order chi connectivity index (χ1) is 23.6. The molecule has 2 amide bonds. The van der Waals surface area contributed by atoms with Crippen molar-refractivity contribution in [3.8, 4) is 10.4 Å². The number of anilines is 2. The van der Waals surface area contributed by atoms with Crippen molar-refractivity contribution in [2.45, 2.75) is 65.3 Å². The van der Waals surface area contributed by atoms with Gasteiger partial charge in [0.15, 0.2) is 11.5 Å². The number of aromatic nitrogens is 3. The first-order valence-electron chi connectivity index (χ1n) is 16.7. The van der Waals surface area contributed by atoms with Crippen LogP contribution in [0.25, 0.3) is 10.4 Å². The zero-order chi connectivity index (χ0) is 36.3. The van der Waals surface area contributed by atoms with Gasteiger partial charge in [-0.1, -0.05) is 51.6 Å². The lowest BCUT2D eigenvalue weighted by Gasteiger charge is -2.38. The average Bonchev–Trinajstić information content (AvgIpc) is 3.68. The number of amides is 2. The summed E-state index contributed by atoms with van der Waals surface area (Å²) in [5.41, 5.74) is 11.3. The molecule has 2 fully saturated rings. The van der Waals surface area contributed by atoms with Gasteiger partial charge in [0.2, 0.25) is 11.8 Å². The minimum Gasteiger partial charge on any atom is -0.476 e. The normalized spacial score (nSPS) is 19.6. The van der Waals surface area contributed by atoms with Gasteiger partial charge in [-0.15, -0.1) is 21.5 Å². The average molecular weight is 706 g/mol. The number of thiazole rings is 1. The molecule has 15 heteroatoms. The number of aromatic carboxylic acids is 1. The number of hydrogen-bond acceptors (Lipinski definition) is 12. The van der Waals surface area contributed by atoms with Gasteiger partial charge in [0.1, 0.15) is 6.04 Å². The molecule has 2 saturated heterocycles. The maximum Gasteiger partial charge on any atom is 0.356 e. The molecule has 1 aromatic carbocycles. The SMILES string of the molecule is C=C(N[C@H](C)c1ccc(-c2scnc2C)cc1)[C@H]1C[C@H](O)CN1C(=O)[C@H](NC(=O)CN1CCN(c2cc(C(=O)O)nnc2N)CC1)C(C)(C)C. The van der Waals surface area contributed by atoms with Crippen LogP contribution < -0.4 is 21.3 Å². The number of nitrogens with two attached hydrogens (primary N) is 1. The fraction of sp³-hybridized carbons (Fsp3) is 0.486. The molecule has 14 nitrogen and oxygen atoms in total. The van der Waals surface area contributed by atoms with E-state index in [1.165, 1.54) is 6.07 Å². The molecule has 2 aliphatic heterocycles. The third-order valence-corrected chi connectivity index (χ3v) is 10.3. The summed E-state index contributed by atoms with van der Waals surface area (Å²) in [6.07, 6.45) is -0.377. The second-order valence-electron chi connectivity index (χ2n) is 14.1. The van der Waals surface area contributed by atoms with Gasteiger partial charge in [0.25, 0.3) is 0 Å². The lowest BCUT2D eigenvalue weighted by Crippen LogP contribution is -2.58. The van der Waals surface area contributed by atoms with Crippen LogP contribution in [0.1, 0.15) is 61.9 Å². The Morgan fingerprint density at radius 3 is 2.38 bits per heavy atom. The number of hydrogen-bond donors (Lipinski definition) is 5. The van der Waals surface area contributed by atoms with Crippen LogP contribution in [0.3, 0.4) is 0 Å². The van der Waals surface area contributed by atoms with E-state index < -0.39 is 29.6 Å². The molecule has 2 aliphatic rings. The van der Waals surface area contributed by atoms with Crippen molar-refractivity contribution in [2.24, 2.45) is 5.41 Å². The number of likely N-dealkylation sites (tertiary alicyclic amines) is 1. The zero-order valence-corrected chi connectivity index (χ0v) is 30.0. The highest BCUT2D eigenvalue weighted by Gasteiger charge is 2.43. The summed E-state index contributed by atoms with van der Waals surface area (Å²) in [6.45, 7) is 16.3. The van der Waals surface area contributed by atoms with E-state index in [4.69, 9.17) is 5.73 Å². The van der Waals surface area contributed by atoms with Crippen LogP contribution in [0.2, 0.25) is 0 Å². The Morgan fingerprint density at radius 1 is 1.10 bits per heavy atom. The van der Waals surface area contributed by atoms with Crippen LogP contribution in [0.5, 0.6) is 0 Å². The minimum atomic E-state index is -1.19. The summed E-state index contributed by atoms with van der Waals surface area (Å²) in [4.78, 5) is 49.9. The molecule has 6 N–H and O–H groups in total. The first-order valence-corrected chi connectivity index (χ1v) is 17.6. The van der Waals surface area contributed by atoms with Crippen molar-refractivity contribution in [1.82, 2.24) is 35.6 Å². The number of aryl methyl sites for hydroxylation is 1. The van der Waals surface area contributed by atoms with Crippen molar-refractivity contribution in [3.05, 3.63) is 65.1 Å². The molecule has 4 atom stereocenters. The summed E-state index contributed by atoms with van der Waals surface area (Å²) < 4.78 is 0. The monoisotopic (exact) mass is 705 g/mol. The molecule has 2 aromatic heterocycles. The van der Waals surface area contributed by atoms with E-state index >= 15 is 0 Å². The van der Waals surface area contributed by atoms with Gasteiger partial charge >= 0.3 is 5.97 Å². The highest BCUT2D eigenvalue weighted by Crippen LogP contribution is 2.31. The van der Waals surface area contributed by atoms with Crippen molar-refractivity contribution < 1.29 is 24.6 Å². The zero-order valence-electron chi connectivity index (χ0n) is 29.2. The van der Waals surface area contributed by atoms with Crippen molar-refractivity contribution >= 4 is 40.6 Å². The molecule has 0 bridgehead atoms. The Hall–Kier alpha value is -4.60. The van der Waals surface area contributed by atoms with E-state index in [9.17, 15) is 24.6 Å².